The molecule has 0 unspecified atom stereocenters. The van der Waals surface area contributed by atoms with E-state index in [-0.39, 0.29) is 11.8 Å². The van der Waals surface area contributed by atoms with Gasteiger partial charge in [-0.25, -0.2) is 4.98 Å². The van der Waals surface area contributed by atoms with Crippen LogP contribution in [0.1, 0.15) is 45.9 Å². The summed E-state index contributed by atoms with van der Waals surface area (Å²) in [4.78, 5) is 24.5. The number of aromatic nitrogens is 4. The summed E-state index contributed by atoms with van der Waals surface area (Å²) in [6, 6.07) is 17.5. The molecular formula is C27H27N5O2. The molecule has 1 aliphatic rings. The molecule has 34 heavy (non-hydrogen) atoms. The fraction of sp³-hybridized carbons (Fsp3) is 0.259. The summed E-state index contributed by atoms with van der Waals surface area (Å²) in [5.74, 6) is 1.40. The number of aryl methyl sites for hydroxylation is 1. The molecule has 0 saturated carbocycles. The lowest BCUT2D eigenvalue weighted by Gasteiger charge is -2.33. The molecule has 1 atom stereocenters. The molecule has 7 heteroatoms. The van der Waals surface area contributed by atoms with Crippen molar-refractivity contribution in [2.45, 2.75) is 32.2 Å². The molecule has 0 spiro atoms. The number of rotatable bonds is 6. The van der Waals surface area contributed by atoms with Gasteiger partial charge in [0.1, 0.15) is 5.75 Å². The summed E-state index contributed by atoms with van der Waals surface area (Å²) in [5, 5.41) is 4.28. The predicted octanol–water partition coefficient (Wildman–Crippen LogP) is 4.84. The van der Waals surface area contributed by atoms with Crippen molar-refractivity contribution in [1.29, 1.82) is 0 Å². The third-order valence-corrected chi connectivity index (χ3v) is 6.21. The van der Waals surface area contributed by atoms with Crippen LogP contribution in [-0.4, -0.2) is 43.6 Å². The SMILES string of the molecule is Cc1ccccc1Oc1cncc([C@@H]2CCCN(C(=O)c3ccccc3Cn3cccn3)C2)n1. The summed E-state index contributed by atoms with van der Waals surface area (Å²) in [6.07, 6.45) is 8.95. The lowest BCUT2D eigenvalue weighted by Crippen LogP contribution is -2.39. The quantitative estimate of drug-likeness (QED) is 0.418. The van der Waals surface area contributed by atoms with Crippen molar-refractivity contribution in [3.05, 3.63) is 102 Å². The van der Waals surface area contributed by atoms with E-state index in [9.17, 15) is 4.79 Å². The van der Waals surface area contributed by atoms with E-state index in [1.807, 2.05) is 77.3 Å². The minimum atomic E-state index is 0.0488. The van der Waals surface area contributed by atoms with Crippen LogP contribution in [-0.2, 0) is 6.54 Å². The summed E-state index contributed by atoms with van der Waals surface area (Å²) in [5.41, 5.74) is 3.58. The first kappa shape index (κ1) is 21.8. The van der Waals surface area contributed by atoms with Crippen LogP contribution in [0, 0.1) is 6.92 Å². The second-order valence-electron chi connectivity index (χ2n) is 8.60. The number of hydrogen-bond acceptors (Lipinski definition) is 5. The standard InChI is InChI=1S/C27H27N5O2/c1-20-8-2-5-12-25(20)34-26-17-28-16-24(30-26)22-10-6-14-31(18-22)27(33)23-11-4-3-9-21(23)19-32-15-7-13-29-32/h2-5,7-9,11-13,15-17,22H,6,10,14,18-19H2,1H3/t22-/m1/s1. The highest BCUT2D eigenvalue weighted by Gasteiger charge is 2.28. The molecule has 172 valence electrons. The van der Waals surface area contributed by atoms with E-state index < -0.39 is 0 Å². The number of nitrogens with zero attached hydrogens (tertiary/aromatic N) is 5. The number of likely N-dealkylation sites (tertiary alicyclic amines) is 1. The van der Waals surface area contributed by atoms with Crippen molar-refractivity contribution in [3.63, 3.8) is 0 Å². The number of hydrogen-bond donors (Lipinski definition) is 0. The van der Waals surface area contributed by atoms with Crippen molar-refractivity contribution in [2.24, 2.45) is 0 Å². The third kappa shape index (κ3) is 4.83. The maximum Gasteiger partial charge on any atom is 0.254 e. The maximum absolute atomic E-state index is 13.5. The minimum absolute atomic E-state index is 0.0488. The van der Waals surface area contributed by atoms with E-state index in [1.54, 1.807) is 18.6 Å². The third-order valence-electron chi connectivity index (χ3n) is 6.21. The molecule has 0 bridgehead atoms. The molecule has 3 heterocycles. The van der Waals surface area contributed by atoms with Gasteiger partial charge in [-0.3, -0.25) is 14.5 Å². The second-order valence-corrected chi connectivity index (χ2v) is 8.60. The Kier molecular flexibility index (Phi) is 6.33. The topological polar surface area (TPSA) is 73.1 Å². The van der Waals surface area contributed by atoms with Gasteiger partial charge in [0, 0.05) is 43.2 Å². The predicted molar refractivity (Wildman–Crippen MR) is 129 cm³/mol. The van der Waals surface area contributed by atoms with Crippen LogP contribution in [0.3, 0.4) is 0 Å². The average Bonchev–Trinajstić information content (AvgIpc) is 3.39. The number of ether oxygens (including phenoxy) is 1. The number of benzene rings is 2. The molecular weight excluding hydrogens is 426 g/mol. The van der Waals surface area contributed by atoms with E-state index in [2.05, 4.69) is 10.1 Å². The van der Waals surface area contributed by atoms with Crippen LogP contribution in [0.15, 0.2) is 79.4 Å². The Bertz CT molecular complexity index is 1270. The molecule has 1 fully saturated rings. The Morgan fingerprint density at radius 3 is 2.79 bits per heavy atom. The first-order valence-corrected chi connectivity index (χ1v) is 11.6. The van der Waals surface area contributed by atoms with Gasteiger partial charge in [0.2, 0.25) is 5.88 Å². The minimum Gasteiger partial charge on any atom is -0.437 e. The van der Waals surface area contributed by atoms with E-state index in [0.717, 1.165) is 47.5 Å². The molecule has 5 rings (SSSR count). The fourth-order valence-corrected chi connectivity index (χ4v) is 4.40. The van der Waals surface area contributed by atoms with Gasteiger partial charge in [-0.1, -0.05) is 36.4 Å². The van der Waals surface area contributed by atoms with Gasteiger partial charge in [-0.05, 0) is 49.1 Å². The number of amides is 1. The summed E-state index contributed by atoms with van der Waals surface area (Å²) in [7, 11) is 0. The number of carbonyl (C=O) groups is 1. The average molecular weight is 454 g/mol. The maximum atomic E-state index is 13.5. The zero-order chi connectivity index (χ0) is 23.3. The van der Waals surface area contributed by atoms with Crippen LogP contribution >= 0.6 is 0 Å². The van der Waals surface area contributed by atoms with Crippen molar-refractivity contribution in [2.75, 3.05) is 13.1 Å². The first-order valence-electron chi connectivity index (χ1n) is 11.6. The number of carbonyl (C=O) groups excluding carboxylic acids is 1. The smallest absolute Gasteiger partial charge is 0.254 e. The van der Waals surface area contributed by atoms with Crippen LogP contribution in [0.4, 0.5) is 0 Å². The molecule has 4 aromatic rings. The molecule has 2 aromatic heterocycles. The van der Waals surface area contributed by atoms with E-state index in [4.69, 9.17) is 9.72 Å². The molecule has 7 nitrogen and oxygen atoms in total. The summed E-state index contributed by atoms with van der Waals surface area (Å²) >= 11 is 0. The normalized spacial score (nSPS) is 15.8. The Balaban J connectivity index is 1.32. The largest absolute Gasteiger partial charge is 0.437 e. The molecule has 1 amide bonds. The highest BCUT2D eigenvalue weighted by atomic mass is 16.5. The van der Waals surface area contributed by atoms with Crippen molar-refractivity contribution >= 4 is 5.91 Å². The van der Waals surface area contributed by atoms with E-state index in [0.29, 0.717) is 19.0 Å². The summed E-state index contributed by atoms with van der Waals surface area (Å²) < 4.78 is 7.82. The Morgan fingerprint density at radius 1 is 1.09 bits per heavy atom. The first-order chi connectivity index (χ1) is 16.7. The van der Waals surface area contributed by atoms with Gasteiger partial charge < -0.3 is 9.64 Å². The molecule has 1 saturated heterocycles. The number of piperidine rings is 1. The van der Waals surface area contributed by atoms with Crippen LogP contribution < -0.4 is 4.74 Å². The zero-order valence-corrected chi connectivity index (χ0v) is 19.2. The summed E-state index contributed by atoms with van der Waals surface area (Å²) in [6.45, 7) is 3.91. The Labute approximate surface area is 199 Å². The van der Waals surface area contributed by atoms with Crippen LogP contribution in [0.2, 0.25) is 0 Å². The molecule has 0 aliphatic carbocycles. The van der Waals surface area contributed by atoms with Crippen LogP contribution in [0.5, 0.6) is 11.6 Å². The van der Waals surface area contributed by atoms with E-state index in [1.165, 1.54) is 0 Å². The highest BCUT2D eigenvalue weighted by Crippen LogP contribution is 2.29. The molecule has 1 aliphatic heterocycles. The van der Waals surface area contributed by atoms with Gasteiger partial charge in [-0.15, -0.1) is 0 Å². The monoisotopic (exact) mass is 453 g/mol. The van der Waals surface area contributed by atoms with Crippen LogP contribution in [0.25, 0.3) is 0 Å². The van der Waals surface area contributed by atoms with E-state index >= 15 is 0 Å². The fourth-order valence-electron chi connectivity index (χ4n) is 4.40. The van der Waals surface area contributed by atoms with Gasteiger partial charge in [0.05, 0.1) is 18.4 Å². The van der Waals surface area contributed by atoms with Gasteiger partial charge in [-0.2, -0.15) is 5.10 Å². The lowest BCUT2D eigenvalue weighted by atomic mass is 9.94. The Morgan fingerprint density at radius 2 is 1.94 bits per heavy atom. The highest BCUT2D eigenvalue weighted by molar-refractivity contribution is 5.95. The van der Waals surface area contributed by atoms with Crippen molar-refractivity contribution in [3.8, 4) is 11.6 Å². The Hall–Kier alpha value is -4.00. The van der Waals surface area contributed by atoms with Gasteiger partial charge in [0.25, 0.3) is 5.91 Å². The van der Waals surface area contributed by atoms with Crippen molar-refractivity contribution < 1.29 is 9.53 Å². The molecule has 0 N–H and O–H groups in total. The lowest BCUT2D eigenvalue weighted by molar-refractivity contribution is 0.0704. The molecule has 2 aromatic carbocycles. The zero-order valence-electron chi connectivity index (χ0n) is 19.2. The number of para-hydroxylation sites is 1. The molecule has 0 radical (unpaired) electrons. The van der Waals surface area contributed by atoms with Gasteiger partial charge in [0.15, 0.2) is 0 Å². The van der Waals surface area contributed by atoms with Gasteiger partial charge >= 0.3 is 0 Å². The second kappa shape index (κ2) is 9.87. The van der Waals surface area contributed by atoms with Crippen molar-refractivity contribution in [1.82, 2.24) is 24.6 Å².